The number of piperazine rings is 1. The molecule has 1 saturated heterocycles. The lowest BCUT2D eigenvalue weighted by Gasteiger charge is -2.40. The maximum Gasteiger partial charge on any atom is 0.120 e. The van der Waals surface area contributed by atoms with E-state index in [4.69, 9.17) is 4.42 Å². The van der Waals surface area contributed by atoms with Gasteiger partial charge in [-0.25, -0.2) is 0 Å². The second-order valence-corrected chi connectivity index (χ2v) is 6.73. The van der Waals surface area contributed by atoms with Crippen LogP contribution in [-0.2, 0) is 0 Å². The summed E-state index contributed by atoms with van der Waals surface area (Å²) >= 11 is 0. The summed E-state index contributed by atoms with van der Waals surface area (Å²) in [6.45, 7) is 14.6. The van der Waals surface area contributed by atoms with Crippen molar-refractivity contribution in [1.82, 2.24) is 15.1 Å². The van der Waals surface area contributed by atoms with Crippen molar-refractivity contribution in [2.45, 2.75) is 39.8 Å². The molecule has 2 unspecified atom stereocenters. The van der Waals surface area contributed by atoms with E-state index >= 15 is 0 Å². The molecule has 1 aliphatic heterocycles. The van der Waals surface area contributed by atoms with Crippen LogP contribution >= 0.6 is 0 Å². The fourth-order valence-corrected chi connectivity index (χ4v) is 3.02. The van der Waals surface area contributed by atoms with E-state index in [2.05, 4.69) is 49.0 Å². The third-order valence-electron chi connectivity index (χ3n) is 4.60. The summed E-state index contributed by atoms with van der Waals surface area (Å²) in [5.74, 6) is 2.68. The maximum atomic E-state index is 5.71. The number of rotatable bonds is 6. The van der Waals surface area contributed by atoms with Gasteiger partial charge in [0.2, 0.25) is 0 Å². The van der Waals surface area contributed by atoms with Gasteiger partial charge in [-0.3, -0.25) is 4.90 Å². The van der Waals surface area contributed by atoms with Gasteiger partial charge in [-0.2, -0.15) is 0 Å². The van der Waals surface area contributed by atoms with Crippen LogP contribution in [0, 0.1) is 12.8 Å². The highest BCUT2D eigenvalue weighted by Gasteiger charge is 2.25. The Morgan fingerprint density at radius 2 is 1.81 bits per heavy atom. The van der Waals surface area contributed by atoms with Crippen LogP contribution in [0.25, 0.3) is 0 Å². The zero-order valence-electron chi connectivity index (χ0n) is 14.2. The Balaban J connectivity index is 1.88. The third-order valence-corrected chi connectivity index (χ3v) is 4.60. The van der Waals surface area contributed by atoms with Gasteiger partial charge >= 0.3 is 0 Å². The lowest BCUT2D eigenvalue weighted by molar-refractivity contribution is 0.0859. The van der Waals surface area contributed by atoms with Crippen LogP contribution in [0.15, 0.2) is 16.5 Å². The molecule has 1 aromatic heterocycles. The third kappa shape index (κ3) is 4.56. The first kappa shape index (κ1) is 16.5. The largest absolute Gasteiger partial charge is 0.465 e. The van der Waals surface area contributed by atoms with Gasteiger partial charge in [0.15, 0.2) is 0 Å². The summed E-state index contributed by atoms with van der Waals surface area (Å²) in [7, 11) is 2.21. The van der Waals surface area contributed by atoms with E-state index in [0.717, 1.165) is 18.1 Å². The van der Waals surface area contributed by atoms with Crippen molar-refractivity contribution in [3.05, 3.63) is 23.7 Å². The highest BCUT2D eigenvalue weighted by Crippen LogP contribution is 2.18. The number of aryl methyl sites for hydroxylation is 1. The molecule has 21 heavy (non-hydrogen) atoms. The van der Waals surface area contributed by atoms with Gasteiger partial charge in [0.05, 0.1) is 6.04 Å². The fourth-order valence-electron chi connectivity index (χ4n) is 3.02. The van der Waals surface area contributed by atoms with E-state index < -0.39 is 0 Å². The first-order valence-corrected chi connectivity index (χ1v) is 8.19. The summed E-state index contributed by atoms with van der Waals surface area (Å²) in [6.07, 6.45) is 0. The molecule has 4 nitrogen and oxygen atoms in total. The molecule has 0 amide bonds. The molecule has 1 aromatic rings. The Hall–Kier alpha value is -0.840. The number of nitrogens with one attached hydrogen (secondary N) is 1. The molecule has 2 heterocycles. The topological polar surface area (TPSA) is 31.6 Å². The lowest BCUT2D eigenvalue weighted by atomic mass is 10.0. The number of nitrogens with zero attached hydrogens (tertiary/aromatic N) is 2. The molecule has 0 bridgehead atoms. The number of furan rings is 1. The molecule has 0 radical (unpaired) electrons. The Bertz CT molecular complexity index is 421. The molecule has 1 N–H and O–H groups in total. The van der Waals surface area contributed by atoms with Crippen molar-refractivity contribution >= 4 is 0 Å². The van der Waals surface area contributed by atoms with Crippen molar-refractivity contribution < 1.29 is 4.42 Å². The molecule has 0 saturated carbocycles. The lowest BCUT2D eigenvalue weighted by Crippen LogP contribution is -2.53. The molecular weight excluding hydrogens is 262 g/mol. The Labute approximate surface area is 129 Å². The van der Waals surface area contributed by atoms with Crippen molar-refractivity contribution in [2.24, 2.45) is 5.92 Å². The quantitative estimate of drug-likeness (QED) is 0.873. The Kier molecular flexibility index (Phi) is 5.85. The predicted molar refractivity (Wildman–Crippen MR) is 87.6 cm³/mol. The summed E-state index contributed by atoms with van der Waals surface area (Å²) in [6, 6.07) is 4.98. The first-order valence-electron chi connectivity index (χ1n) is 8.19. The van der Waals surface area contributed by atoms with Crippen molar-refractivity contribution in [3.8, 4) is 0 Å². The van der Waals surface area contributed by atoms with E-state index in [1.165, 1.54) is 26.2 Å². The molecule has 2 rings (SSSR count). The monoisotopic (exact) mass is 293 g/mol. The summed E-state index contributed by atoms with van der Waals surface area (Å²) in [4.78, 5) is 5.05. The minimum Gasteiger partial charge on any atom is -0.465 e. The molecule has 4 heteroatoms. The van der Waals surface area contributed by atoms with E-state index in [1.807, 2.05) is 13.0 Å². The highest BCUT2D eigenvalue weighted by atomic mass is 16.3. The number of hydrogen-bond donors (Lipinski definition) is 1. The van der Waals surface area contributed by atoms with Gasteiger partial charge in [0, 0.05) is 38.8 Å². The van der Waals surface area contributed by atoms with Crippen LogP contribution in [0.4, 0.5) is 0 Å². The summed E-state index contributed by atoms with van der Waals surface area (Å²) < 4.78 is 5.71. The molecule has 1 aliphatic rings. The van der Waals surface area contributed by atoms with Crippen molar-refractivity contribution in [3.63, 3.8) is 0 Å². The summed E-state index contributed by atoms with van der Waals surface area (Å²) in [5, 5.41) is 3.65. The zero-order valence-corrected chi connectivity index (χ0v) is 14.2. The second kappa shape index (κ2) is 7.43. The second-order valence-electron chi connectivity index (χ2n) is 6.73. The van der Waals surface area contributed by atoms with Gasteiger partial charge in [-0.15, -0.1) is 0 Å². The van der Waals surface area contributed by atoms with Crippen molar-refractivity contribution in [1.29, 1.82) is 0 Å². The predicted octanol–water partition coefficient (Wildman–Crippen LogP) is 2.51. The number of hydrogen-bond acceptors (Lipinski definition) is 4. The van der Waals surface area contributed by atoms with Gasteiger partial charge in [-0.05, 0) is 38.9 Å². The summed E-state index contributed by atoms with van der Waals surface area (Å²) in [5.41, 5.74) is 0. The van der Waals surface area contributed by atoms with E-state index in [-0.39, 0.29) is 6.04 Å². The van der Waals surface area contributed by atoms with E-state index in [0.29, 0.717) is 12.0 Å². The van der Waals surface area contributed by atoms with Crippen LogP contribution < -0.4 is 5.32 Å². The average Bonchev–Trinajstić information content (AvgIpc) is 2.87. The maximum absolute atomic E-state index is 5.71. The molecule has 0 aliphatic carbocycles. The average molecular weight is 293 g/mol. The van der Waals surface area contributed by atoms with Gasteiger partial charge in [-0.1, -0.05) is 13.8 Å². The van der Waals surface area contributed by atoms with Crippen LogP contribution in [-0.4, -0.2) is 55.6 Å². The minimum absolute atomic E-state index is 0.271. The Morgan fingerprint density at radius 1 is 1.14 bits per heavy atom. The standard InChI is InChI=1S/C17H31N3O/c1-13(2)16(20-10-8-19(5)9-11-20)12-18-15(4)17-7-6-14(3)21-17/h6-7,13,15-16,18H,8-12H2,1-5H3. The van der Waals surface area contributed by atoms with Gasteiger partial charge in [0.25, 0.3) is 0 Å². The molecule has 0 aromatic carbocycles. The Morgan fingerprint density at radius 3 is 2.33 bits per heavy atom. The van der Waals surface area contributed by atoms with E-state index in [9.17, 15) is 0 Å². The fraction of sp³-hybridized carbons (Fsp3) is 0.765. The van der Waals surface area contributed by atoms with Gasteiger partial charge < -0.3 is 14.6 Å². The zero-order chi connectivity index (χ0) is 15.4. The number of likely N-dealkylation sites (N-methyl/N-ethyl adjacent to an activating group) is 1. The molecule has 0 spiro atoms. The van der Waals surface area contributed by atoms with Crippen LogP contribution in [0.1, 0.15) is 38.3 Å². The van der Waals surface area contributed by atoms with Gasteiger partial charge in [0.1, 0.15) is 11.5 Å². The minimum atomic E-state index is 0.271. The highest BCUT2D eigenvalue weighted by molar-refractivity contribution is 5.08. The van der Waals surface area contributed by atoms with Crippen LogP contribution in [0.2, 0.25) is 0 Å². The molecule has 1 fully saturated rings. The molecular formula is C17H31N3O. The van der Waals surface area contributed by atoms with Crippen molar-refractivity contribution in [2.75, 3.05) is 39.8 Å². The normalized spacial score (nSPS) is 20.9. The first-order chi connectivity index (χ1) is 9.97. The van der Waals surface area contributed by atoms with Crippen LogP contribution in [0.5, 0.6) is 0 Å². The van der Waals surface area contributed by atoms with E-state index in [1.54, 1.807) is 0 Å². The smallest absolute Gasteiger partial charge is 0.120 e. The van der Waals surface area contributed by atoms with Crippen LogP contribution in [0.3, 0.4) is 0 Å². The SMILES string of the molecule is Cc1ccc(C(C)NCC(C(C)C)N2CCN(C)CC2)o1. The molecule has 2 atom stereocenters. The molecule has 120 valence electrons.